The lowest BCUT2D eigenvalue weighted by Crippen LogP contribution is -2.37. The van der Waals surface area contributed by atoms with Gasteiger partial charge in [-0.25, -0.2) is 5.43 Å². The normalized spacial score (nSPS) is 35.8. The van der Waals surface area contributed by atoms with Crippen molar-refractivity contribution in [2.45, 2.75) is 40.0 Å². The summed E-state index contributed by atoms with van der Waals surface area (Å²) >= 11 is 1.27. The maximum atomic E-state index is 12.0. The molecule has 0 aromatic carbocycles. The van der Waals surface area contributed by atoms with E-state index in [-0.39, 0.29) is 28.5 Å². The minimum Gasteiger partial charge on any atom is -0.323 e. The first kappa shape index (κ1) is 14.9. The second-order valence-electron chi connectivity index (χ2n) is 7.12. The Balaban J connectivity index is 1.62. The zero-order chi connectivity index (χ0) is 15.3. The van der Waals surface area contributed by atoms with Crippen molar-refractivity contribution in [3.8, 4) is 0 Å². The molecular weight excluding hydrogens is 286 g/mol. The summed E-state index contributed by atoms with van der Waals surface area (Å²) in [6.45, 7) is 7.67. The second-order valence-corrected chi connectivity index (χ2v) is 8.17. The van der Waals surface area contributed by atoms with E-state index in [1.807, 2.05) is 0 Å². The van der Waals surface area contributed by atoms with Crippen molar-refractivity contribution < 1.29 is 9.59 Å². The van der Waals surface area contributed by atoms with Gasteiger partial charge in [-0.05, 0) is 30.6 Å². The van der Waals surface area contributed by atoms with Crippen LogP contribution in [0.3, 0.4) is 0 Å². The van der Waals surface area contributed by atoms with Crippen LogP contribution in [0.2, 0.25) is 0 Å². The first-order valence-electron chi connectivity index (χ1n) is 7.62. The minimum atomic E-state index is -0.192. The number of nitrogens with one attached hydrogen (secondary N) is 1. The zero-order valence-electron chi connectivity index (χ0n) is 12.9. The van der Waals surface area contributed by atoms with Crippen molar-refractivity contribution in [3.63, 3.8) is 0 Å². The van der Waals surface area contributed by atoms with Crippen LogP contribution in [0.1, 0.15) is 40.0 Å². The summed E-state index contributed by atoms with van der Waals surface area (Å²) in [5.74, 6) is 1.26. The molecule has 0 radical (unpaired) electrons. The predicted octanol–water partition coefficient (Wildman–Crippen LogP) is 2.47. The monoisotopic (exact) mass is 309 g/mol. The van der Waals surface area contributed by atoms with Crippen LogP contribution >= 0.6 is 11.8 Å². The maximum Gasteiger partial charge on any atom is 0.282 e. The van der Waals surface area contributed by atoms with E-state index >= 15 is 0 Å². The maximum absolute atomic E-state index is 12.0. The molecule has 2 aliphatic carbocycles. The van der Waals surface area contributed by atoms with E-state index in [2.05, 4.69) is 31.3 Å². The standard InChI is InChI=1S/C15H23N3O2S/c1-14(2)10-4-5-15(14,3)11(8-10)16-17-12(19)9-18-6-7-21-13(18)20/h10H,4-9H2,1-3H3,(H,17,19)/b16-11+/t10-,15+/m0/s1. The van der Waals surface area contributed by atoms with Gasteiger partial charge in [0.25, 0.3) is 11.1 Å². The molecule has 2 saturated carbocycles. The molecular formula is C15H23N3O2S. The van der Waals surface area contributed by atoms with Gasteiger partial charge in [0, 0.05) is 23.4 Å². The average molecular weight is 309 g/mol. The van der Waals surface area contributed by atoms with Crippen molar-refractivity contribution >= 4 is 28.6 Å². The number of fused-ring (bicyclic) bond motifs is 2. The molecule has 1 heterocycles. The van der Waals surface area contributed by atoms with Gasteiger partial charge < -0.3 is 4.90 Å². The Bertz CT molecular complexity index is 517. The Labute approximate surface area is 129 Å². The summed E-state index contributed by atoms with van der Waals surface area (Å²) < 4.78 is 0. The SMILES string of the molecule is CC1(C)[C@H]2CC[C@]1(C)/C(=N/NC(=O)CN1CCSC1=O)C2. The van der Waals surface area contributed by atoms with Crippen molar-refractivity contribution in [3.05, 3.63) is 0 Å². The summed E-state index contributed by atoms with van der Waals surface area (Å²) in [5, 5.41) is 4.40. The van der Waals surface area contributed by atoms with Crippen LogP contribution in [0.15, 0.2) is 5.10 Å². The Hall–Kier alpha value is -1.04. The molecule has 5 nitrogen and oxygen atoms in total. The number of thioether (sulfide) groups is 1. The van der Waals surface area contributed by atoms with Crippen molar-refractivity contribution in [1.82, 2.24) is 10.3 Å². The molecule has 0 spiro atoms. The first-order chi connectivity index (χ1) is 9.84. The van der Waals surface area contributed by atoms with E-state index in [1.54, 1.807) is 4.90 Å². The highest BCUT2D eigenvalue weighted by Gasteiger charge is 2.60. The van der Waals surface area contributed by atoms with Crippen molar-refractivity contribution in [2.24, 2.45) is 21.8 Å². The third kappa shape index (κ3) is 2.28. The molecule has 1 aliphatic heterocycles. The number of amides is 2. The number of rotatable bonds is 3. The van der Waals surface area contributed by atoms with E-state index in [9.17, 15) is 9.59 Å². The van der Waals surface area contributed by atoms with Crippen LogP contribution in [-0.2, 0) is 4.79 Å². The molecule has 0 unspecified atom stereocenters. The summed E-state index contributed by atoms with van der Waals surface area (Å²) in [6, 6.07) is 0. The Morgan fingerprint density at radius 2 is 2.24 bits per heavy atom. The van der Waals surface area contributed by atoms with Crippen LogP contribution in [0.25, 0.3) is 0 Å². The number of hydrogen-bond acceptors (Lipinski definition) is 4. The van der Waals surface area contributed by atoms with E-state index in [0.29, 0.717) is 12.5 Å². The fraction of sp³-hybridized carbons (Fsp3) is 0.800. The molecule has 0 aromatic heterocycles. The summed E-state index contributed by atoms with van der Waals surface area (Å²) in [5.41, 5.74) is 4.15. The second kappa shape index (κ2) is 5.00. The van der Waals surface area contributed by atoms with E-state index in [1.165, 1.54) is 18.2 Å². The van der Waals surface area contributed by atoms with E-state index in [4.69, 9.17) is 0 Å². The van der Waals surface area contributed by atoms with Gasteiger partial charge in [-0.2, -0.15) is 5.10 Å². The summed E-state index contributed by atoms with van der Waals surface area (Å²) in [7, 11) is 0. The Morgan fingerprint density at radius 1 is 1.48 bits per heavy atom. The van der Waals surface area contributed by atoms with Crippen LogP contribution < -0.4 is 5.43 Å². The molecule has 2 bridgehead atoms. The Kier molecular flexibility index (Phi) is 3.55. The molecule has 0 aromatic rings. The molecule has 1 N–H and O–H groups in total. The largest absolute Gasteiger partial charge is 0.323 e. The highest BCUT2D eigenvalue weighted by Crippen LogP contribution is 2.63. The van der Waals surface area contributed by atoms with E-state index < -0.39 is 0 Å². The highest BCUT2D eigenvalue weighted by atomic mass is 32.2. The number of carbonyl (C=O) groups excluding carboxylic acids is 2. The third-order valence-electron chi connectivity index (χ3n) is 6.01. The number of hydrogen-bond donors (Lipinski definition) is 1. The van der Waals surface area contributed by atoms with E-state index in [0.717, 1.165) is 24.3 Å². The number of carbonyl (C=O) groups is 2. The zero-order valence-corrected chi connectivity index (χ0v) is 13.8. The minimum absolute atomic E-state index is 0.00850. The summed E-state index contributed by atoms with van der Waals surface area (Å²) in [4.78, 5) is 25.0. The molecule has 3 aliphatic rings. The van der Waals surface area contributed by atoms with Gasteiger partial charge in [0.2, 0.25) is 0 Å². The molecule has 3 rings (SSSR count). The van der Waals surface area contributed by atoms with Gasteiger partial charge in [-0.1, -0.05) is 32.5 Å². The average Bonchev–Trinajstić information content (AvgIpc) is 2.97. The van der Waals surface area contributed by atoms with Crippen LogP contribution in [0.5, 0.6) is 0 Å². The fourth-order valence-electron chi connectivity index (χ4n) is 4.01. The lowest BCUT2D eigenvalue weighted by atomic mass is 9.70. The number of hydrazone groups is 1. The van der Waals surface area contributed by atoms with Gasteiger partial charge in [-0.3, -0.25) is 9.59 Å². The topological polar surface area (TPSA) is 61.8 Å². The highest BCUT2D eigenvalue weighted by molar-refractivity contribution is 8.13. The first-order valence-corrected chi connectivity index (χ1v) is 8.61. The number of nitrogens with zero attached hydrogens (tertiary/aromatic N) is 2. The molecule has 3 fully saturated rings. The third-order valence-corrected chi connectivity index (χ3v) is 6.90. The van der Waals surface area contributed by atoms with Gasteiger partial charge in [0.1, 0.15) is 6.54 Å². The van der Waals surface area contributed by atoms with Gasteiger partial charge in [-0.15, -0.1) is 0 Å². The van der Waals surface area contributed by atoms with Crippen LogP contribution in [-0.4, -0.2) is 40.6 Å². The fourth-order valence-corrected chi connectivity index (χ4v) is 4.83. The van der Waals surface area contributed by atoms with Gasteiger partial charge in [0.05, 0.1) is 0 Å². The lowest BCUT2D eigenvalue weighted by Gasteiger charge is -2.34. The molecule has 1 saturated heterocycles. The van der Waals surface area contributed by atoms with Crippen molar-refractivity contribution in [1.29, 1.82) is 0 Å². The molecule has 116 valence electrons. The Morgan fingerprint density at radius 3 is 2.76 bits per heavy atom. The molecule has 6 heteroatoms. The summed E-state index contributed by atoms with van der Waals surface area (Å²) in [6.07, 6.45) is 3.40. The molecule has 2 amide bonds. The quantitative estimate of drug-likeness (QED) is 0.815. The smallest absolute Gasteiger partial charge is 0.282 e. The van der Waals surface area contributed by atoms with Crippen LogP contribution in [0.4, 0.5) is 4.79 Å². The predicted molar refractivity (Wildman–Crippen MR) is 84.2 cm³/mol. The molecule has 21 heavy (non-hydrogen) atoms. The molecule has 2 atom stereocenters. The van der Waals surface area contributed by atoms with Crippen molar-refractivity contribution in [2.75, 3.05) is 18.8 Å². The van der Waals surface area contributed by atoms with Gasteiger partial charge in [0.15, 0.2) is 0 Å². The van der Waals surface area contributed by atoms with Gasteiger partial charge >= 0.3 is 0 Å². The van der Waals surface area contributed by atoms with Crippen LogP contribution in [0, 0.1) is 16.7 Å². The lowest BCUT2D eigenvalue weighted by molar-refractivity contribution is -0.121.